The first-order chi connectivity index (χ1) is 11.8. The maximum atomic E-state index is 9.24. The Bertz CT molecular complexity index is 790. The first-order valence-electron chi connectivity index (χ1n) is 8.22. The molecule has 3 heterocycles. The predicted octanol–water partition coefficient (Wildman–Crippen LogP) is 2.55. The number of hydrogen-bond donors (Lipinski definition) is 0. The molecule has 122 valence electrons. The van der Waals surface area contributed by atoms with Crippen molar-refractivity contribution in [2.45, 2.75) is 25.9 Å². The summed E-state index contributed by atoms with van der Waals surface area (Å²) in [5.41, 5.74) is 3.05. The van der Waals surface area contributed by atoms with Crippen LogP contribution < -0.4 is 9.64 Å². The number of nitriles is 1. The van der Waals surface area contributed by atoms with Crippen LogP contribution in [0.15, 0.2) is 24.3 Å². The predicted molar refractivity (Wildman–Crippen MR) is 90.3 cm³/mol. The van der Waals surface area contributed by atoms with Gasteiger partial charge in [0.1, 0.15) is 11.6 Å². The molecule has 0 radical (unpaired) electrons. The highest BCUT2D eigenvalue weighted by Crippen LogP contribution is 2.33. The van der Waals surface area contributed by atoms with Crippen LogP contribution in [-0.4, -0.2) is 35.1 Å². The first kappa shape index (κ1) is 14.8. The normalized spacial score (nSPS) is 16.2. The van der Waals surface area contributed by atoms with Gasteiger partial charge in [0.25, 0.3) is 0 Å². The molecule has 0 saturated carbocycles. The van der Waals surface area contributed by atoms with Crippen molar-refractivity contribution in [1.82, 2.24) is 14.9 Å². The lowest BCUT2D eigenvalue weighted by Gasteiger charge is -2.20. The summed E-state index contributed by atoms with van der Waals surface area (Å²) in [6.45, 7) is 3.23. The number of nitrogens with zero attached hydrogens (tertiary/aromatic N) is 5. The molecule has 6 nitrogen and oxygen atoms in total. The number of ether oxygens (including phenoxy) is 1. The monoisotopic (exact) mass is 321 g/mol. The molecule has 6 heteroatoms. The summed E-state index contributed by atoms with van der Waals surface area (Å²) in [5.74, 6) is 2.54. The first-order valence-corrected chi connectivity index (χ1v) is 8.22. The maximum absolute atomic E-state index is 9.24. The molecule has 2 aromatic rings. The molecule has 1 saturated heterocycles. The van der Waals surface area contributed by atoms with Gasteiger partial charge in [0.15, 0.2) is 12.0 Å². The van der Waals surface area contributed by atoms with Gasteiger partial charge >= 0.3 is 0 Å². The van der Waals surface area contributed by atoms with E-state index >= 15 is 0 Å². The van der Waals surface area contributed by atoms with Crippen molar-refractivity contribution in [1.29, 1.82) is 5.26 Å². The molecule has 1 aromatic carbocycles. The van der Waals surface area contributed by atoms with Gasteiger partial charge in [-0.15, -0.1) is 0 Å². The number of methoxy groups -OCH3 is 1. The van der Waals surface area contributed by atoms with Crippen molar-refractivity contribution in [2.75, 3.05) is 25.1 Å². The SMILES string of the molecule is COc1ccc(-c2nc3c(c(N4CCCC4)n2)CN(C#N)C3)cc1. The highest BCUT2D eigenvalue weighted by molar-refractivity contribution is 5.62. The Morgan fingerprint density at radius 1 is 1.08 bits per heavy atom. The molecule has 1 fully saturated rings. The van der Waals surface area contributed by atoms with Crippen LogP contribution in [0.1, 0.15) is 24.1 Å². The summed E-state index contributed by atoms with van der Waals surface area (Å²) in [4.78, 5) is 13.7. The Labute approximate surface area is 141 Å². The highest BCUT2D eigenvalue weighted by Gasteiger charge is 2.28. The summed E-state index contributed by atoms with van der Waals surface area (Å²) in [6.07, 6.45) is 4.62. The minimum atomic E-state index is 0.568. The number of aromatic nitrogens is 2. The third-order valence-electron chi connectivity index (χ3n) is 4.66. The average molecular weight is 321 g/mol. The van der Waals surface area contributed by atoms with Gasteiger partial charge in [-0.1, -0.05) is 0 Å². The van der Waals surface area contributed by atoms with Crippen molar-refractivity contribution in [3.05, 3.63) is 35.5 Å². The smallest absolute Gasteiger partial charge is 0.180 e. The van der Waals surface area contributed by atoms with Crippen molar-refractivity contribution < 1.29 is 4.74 Å². The quantitative estimate of drug-likeness (QED) is 0.810. The molecule has 2 aliphatic heterocycles. The molecule has 0 atom stereocenters. The Hall–Kier alpha value is -2.81. The molecule has 0 unspecified atom stereocenters. The zero-order valence-corrected chi connectivity index (χ0v) is 13.7. The Morgan fingerprint density at radius 3 is 2.50 bits per heavy atom. The van der Waals surface area contributed by atoms with Crippen molar-refractivity contribution in [2.24, 2.45) is 0 Å². The lowest BCUT2D eigenvalue weighted by molar-refractivity contribution is 0.414. The molecule has 4 rings (SSSR count). The summed E-state index contributed by atoms with van der Waals surface area (Å²) >= 11 is 0. The Kier molecular flexibility index (Phi) is 3.69. The summed E-state index contributed by atoms with van der Waals surface area (Å²) in [5, 5.41) is 9.24. The molecule has 2 aliphatic rings. The van der Waals surface area contributed by atoms with Crippen LogP contribution in [0.5, 0.6) is 5.75 Å². The summed E-state index contributed by atoms with van der Waals surface area (Å²) < 4.78 is 5.22. The van der Waals surface area contributed by atoms with Gasteiger partial charge in [0.2, 0.25) is 0 Å². The second-order valence-electron chi connectivity index (χ2n) is 6.17. The van der Waals surface area contributed by atoms with Crippen LogP contribution in [0, 0.1) is 11.5 Å². The lowest BCUT2D eigenvalue weighted by Crippen LogP contribution is -2.21. The van der Waals surface area contributed by atoms with Crippen LogP contribution in [-0.2, 0) is 13.1 Å². The van der Waals surface area contributed by atoms with E-state index in [0.29, 0.717) is 13.1 Å². The summed E-state index contributed by atoms with van der Waals surface area (Å²) in [7, 11) is 1.66. The minimum Gasteiger partial charge on any atom is -0.497 e. The van der Waals surface area contributed by atoms with E-state index in [9.17, 15) is 5.26 Å². The molecular weight excluding hydrogens is 302 g/mol. The topological polar surface area (TPSA) is 65.3 Å². The standard InChI is InChI=1S/C18H19N5O/c1-24-14-6-4-13(5-7-14)17-20-16-11-22(12-19)10-15(16)18(21-17)23-8-2-3-9-23/h4-7H,2-3,8-11H2,1H3. The van der Waals surface area contributed by atoms with Crippen LogP contribution in [0.2, 0.25) is 0 Å². The van der Waals surface area contributed by atoms with E-state index in [2.05, 4.69) is 11.1 Å². The van der Waals surface area contributed by atoms with Gasteiger partial charge in [0.05, 0.1) is 25.9 Å². The van der Waals surface area contributed by atoms with Crippen molar-refractivity contribution in [3.8, 4) is 23.3 Å². The van der Waals surface area contributed by atoms with E-state index in [-0.39, 0.29) is 0 Å². The fourth-order valence-corrected chi connectivity index (χ4v) is 3.37. The fraction of sp³-hybridized carbons (Fsp3) is 0.389. The average Bonchev–Trinajstić information content (AvgIpc) is 3.30. The number of rotatable bonds is 3. The summed E-state index contributed by atoms with van der Waals surface area (Å²) in [6, 6.07) is 7.79. The van der Waals surface area contributed by atoms with E-state index in [4.69, 9.17) is 14.7 Å². The Morgan fingerprint density at radius 2 is 1.83 bits per heavy atom. The van der Waals surface area contributed by atoms with E-state index < -0.39 is 0 Å². The number of fused-ring (bicyclic) bond motifs is 1. The largest absolute Gasteiger partial charge is 0.497 e. The maximum Gasteiger partial charge on any atom is 0.180 e. The number of anilines is 1. The van der Waals surface area contributed by atoms with Gasteiger partial charge in [-0.25, -0.2) is 9.97 Å². The molecule has 0 spiro atoms. The third-order valence-corrected chi connectivity index (χ3v) is 4.66. The molecule has 1 aromatic heterocycles. The zero-order valence-electron chi connectivity index (χ0n) is 13.7. The van der Waals surface area contributed by atoms with Gasteiger partial charge in [-0.05, 0) is 37.1 Å². The van der Waals surface area contributed by atoms with Crippen LogP contribution in [0.4, 0.5) is 5.82 Å². The molecule has 0 amide bonds. The van der Waals surface area contributed by atoms with Crippen molar-refractivity contribution in [3.63, 3.8) is 0 Å². The molecule has 0 aliphatic carbocycles. The Balaban J connectivity index is 1.78. The van der Waals surface area contributed by atoms with Gasteiger partial charge in [-0.2, -0.15) is 5.26 Å². The zero-order chi connectivity index (χ0) is 16.5. The van der Waals surface area contributed by atoms with Gasteiger partial charge in [-0.3, -0.25) is 0 Å². The highest BCUT2D eigenvalue weighted by atomic mass is 16.5. The van der Waals surface area contributed by atoms with Gasteiger partial charge in [0, 0.05) is 24.2 Å². The van der Waals surface area contributed by atoms with Gasteiger partial charge < -0.3 is 14.5 Å². The molecule has 0 N–H and O–H groups in total. The molecule has 24 heavy (non-hydrogen) atoms. The van der Waals surface area contributed by atoms with Crippen LogP contribution >= 0.6 is 0 Å². The van der Waals surface area contributed by atoms with Crippen LogP contribution in [0.25, 0.3) is 11.4 Å². The second kappa shape index (κ2) is 6.00. The van der Waals surface area contributed by atoms with Crippen LogP contribution in [0.3, 0.4) is 0 Å². The third kappa shape index (κ3) is 2.52. The lowest BCUT2D eigenvalue weighted by atomic mass is 10.1. The minimum absolute atomic E-state index is 0.568. The van der Waals surface area contributed by atoms with E-state index in [1.807, 2.05) is 24.3 Å². The molecular formula is C18H19N5O. The van der Waals surface area contributed by atoms with Crippen molar-refractivity contribution >= 4 is 5.82 Å². The molecule has 0 bridgehead atoms. The number of benzene rings is 1. The second-order valence-corrected chi connectivity index (χ2v) is 6.17. The van der Waals surface area contributed by atoms with E-state index in [1.54, 1.807) is 12.0 Å². The van der Waals surface area contributed by atoms with E-state index in [1.165, 1.54) is 12.8 Å². The fourth-order valence-electron chi connectivity index (χ4n) is 3.37. The number of hydrogen-bond acceptors (Lipinski definition) is 6. The van der Waals surface area contributed by atoms with E-state index in [0.717, 1.165) is 47.3 Å².